The Kier molecular flexibility index (Phi) is 33.8. The Bertz CT molecular complexity index is 7900. The highest BCUT2D eigenvalue weighted by atomic mass is 35.5. The van der Waals surface area contributed by atoms with E-state index < -0.39 is 73.4 Å². The number of carbonyl (C=O) groups is 6. The summed E-state index contributed by atoms with van der Waals surface area (Å²) in [4.78, 5) is 92.3. The lowest BCUT2D eigenvalue weighted by atomic mass is 10.0. The third-order valence-electron chi connectivity index (χ3n) is 25.8. The molecule has 774 valence electrons. The van der Waals surface area contributed by atoms with Crippen molar-refractivity contribution in [1.82, 2.24) is 88.6 Å². The van der Waals surface area contributed by atoms with E-state index in [4.69, 9.17) is 45.0 Å². The number of hydrogen-bond acceptors (Lipinski definition) is 18. The van der Waals surface area contributed by atoms with Crippen LogP contribution in [0.2, 0.25) is 15.1 Å². The van der Waals surface area contributed by atoms with E-state index in [0.29, 0.717) is 125 Å². The number of halogens is 12. The van der Waals surface area contributed by atoms with Crippen molar-refractivity contribution in [2.45, 2.75) is 174 Å². The second-order valence-electron chi connectivity index (χ2n) is 36.6. The first-order valence-corrected chi connectivity index (χ1v) is 49.1. The van der Waals surface area contributed by atoms with Gasteiger partial charge in [-0.3, -0.25) is 58.0 Å². The molecular weight excluding hydrogens is 2020 g/mol. The highest BCUT2D eigenvalue weighted by Crippen LogP contribution is 2.39. The molecule has 30 nitrogen and oxygen atoms in total. The van der Waals surface area contributed by atoms with E-state index in [-0.39, 0.29) is 70.1 Å². The van der Waals surface area contributed by atoms with E-state index in [1.807, 2.05) is 55.1 Å². The number of rotatable bonds is 31. The van der Waals surface area contributed by atoms with Gasteiger partial charge in [-0.15, -0.1) is 0 Å². The number of aromatic nitrogens is 18. The maximum absolute atomic E-state index is 13.8. The van der Waals surface area contributed by atoms with Crippen LogP contribution in [-0.4, -0.2) is 167 Å². The average molecular weight is 2120 g/mol. The molecule has 3 aliphatic carbocycles. The van der Waals surface area contributed by atoms with Crippen LogP contribution in [0, 0.1) is 35.2 Å². The van der Waals surface area contributed by atoms with Gasteiger partial charge in [-0.05, 0) is 235 Å². The summed E-state index contributed by atoms with van der Waals surface area (Å²) in [7, 11) is 0. The van der Waals surface area contributed by atoms with Gasteiger partial charge in [0.05, 0.1) is 127 Å². The van der Waals surface area contributed by atoms with Gasteiger partial charge in [0.2, 0.25) is 0 Å². The zero-order valence-electron chi connectivity index (χ0n) is 80.2. The standard InChI is InChI=1S/C20H20FN3O2.C19H18FN3O2.C18H16ClN3O2.C17H13ClF3N3O2.C17H16ClN3O2.C17H13F4N3O2/c21-15-5-6-19-17(10-15)18(23-24(19)12-13-3-1-2-4-13)9-14-11-22-8-7-16(14)20(25)26;20-14-3-4-18-16(10-14)17(22-23(18)8-6-12-1-2-12)9-13-11-21-7-5-15(13)19(24)25;19-13-3-4-17-15(8-13)16(21-22(17)10-11-1-2-11)7-12-9-20-6-5-14(12)18(23)24;18-11-1-2-15-13(8-11)14(23-24(15)6-4-17(19,20)21)7-10-9-22-5-3-12(10)16(25)26;1-2-7-21-16-4-3-12(18)9-14(16)15(20-21)8-11-10-19-6-5-13(11)17(22)23;18-11-1-2-15-13(8-11)14(23-24(15)6-4-17(19,20)21)7-10-9-22-5-3-12(10)16(25)26/h5-8,10-11,13H,1-4,9,12H2,(H,25,26);3-5,7,10-12H,1-2,6,8-9H2,(H,24,25);3-6,8-9,11H,1-2,7,10H2,(H,23,24);1-3,5,8-9H,4,6-7H2,(H,25,26);3-6,9-10H,2,7-8H2,1H3,(H,22,23);1-3,5,8-9H,4,6-7H2,(H,25,26). The van der Waals surface area contributed by atoms with Crippen LogP contribution in [0.4, 0.5) is 39.5 Å². The molecule has 0 amide bonds. The molecule has 3 saturated carbocycles. The fourth-order valence-corrected chi connectivity index (χ4v) is 18.7. The number of fused-ring (bicyclic) bond motifs is 6. The molecule has 0 spiro atoms. The number of hydrogen-bond donors (Lipinski definition) is 6. The summed E-state index contributed by atoms with van der Waals surface area (Å²) in [5, 5.41) is 89.1. The SMILES string of the molecule is CCCn1nc(Cc2cnccc2C(=O)O)c2cc(Cl)ccc21.O=C(O)c1ccncc1Cc1nn(CC2CC2)c2ccc(Cl)cc12.O=C(O)c1ccncc1Cc1nn(CC2CCCC2)c2ccc(F)cc12.O=C(O)c1ccncc1Cc1nn(CCC(F)(F)F)c2ccc(Cl)cc12.O=C(O)c1ccncc1Cc1nn(CCC(F)(F)F)c2ccc(F)cc12.O=C(O)c1ccncc1Cc1nn(CCC2CC2)c2ccc(F)cc12. The molecule has 12 aromatic heterocycles. The number of pyridine rings is 6. The molecule has 6 aromatic carbocycles. The number of aryl methyl sites for hydroxylation is 4. The van der Waals surface area contributed by atoms with Crippen LogP contribution >= 0.6 is 34.8 Å². The van der Waals surface area contributed by atoms with E-state index in [1.54, 1.807) is 48.9 Å². The topological polar surface area (TPSA) is 408 Å². The van der Waals surface area contributed by atoms with E-state index in [1.165, 1.54) is 185 Å². The predicted molar refractivity (Wildman–Crippen MR) is 541 cm³/mol. The van der Waals surface area contributed by atoms with Crippen molar-refractivity contribution in [1.29, 1.82) is 0 Å². The lowest BCUT2D eigenvalue weighted by Crippen LogP contribution is -2.13. The third-order valence-corrected chi connectivity index (χ3v) is 26.5. The average Bonchev–Trinajstić information content (AvgIpc) is 1.63. The van der Waals surface area contributed by atoms with Crippen LogP contribution < -0.4 is 0 Å². The molecule has 3 aliphatic rings. The van der Waals surface area contributed by atoms with Gasteiger partial charge in [0.25, 0.3) is 0 Å². The summed E-state index contributed by atoms with van der Waals surface area (Å²) in [6.07, 6.45) is 20.4. The lowest BCUT2D eigenvalue weighted by Gasteiger charge is -2.09. The predicted octanol–water partition coefficient (Wildman–Crippen LogP) is 23.4. The monoisotopic (exact) mass is 2110 g/mol. The summed E-state index contributed by atoms with van der Waals surface area (Å²) in [6, 6.07) is 37.9. The summed E-state index contributed by atoms with van der Waals surface area (Å²) in [5.41, 5.74) is 12.7. The molecule has 12 heterocycles. The first-order chi connectivity index (χ1) is 71.9. The minimum Gasteiger partial charge on any atom is -0.478 e. The second-order valence-corrected chi connectivity index (χ2v) is 37.9. The largest absolute Gasteiger partial charge is 0.478 e. The van der Waals surface area contributed by atoms with E-state index in [9.17, 15) is 98.9 Å². The van der Waals surface area contributed by atoms with Gasteiger partial charge in [0.15, 0.2) is 0 Å². The van der Waals surface area contributed by atoms with Crippen molar-refractivity contribution in [2.75, 3.05) is 0 Å². The number of aromatic carboxylic acids is 6. The number of carboxylic acids is 6. The maximum Gasteiger partial charge on any atom is 0.390 e. The molecule has 42 heteroatoms. The second kappa shape index (κ2) is 47.5. The number of nitrogens with zero attached hydrogens (tertiary/aromatic N) is 18. The maximum atomic E-state index is 13.8. The van der Waals surface area contributed by atoms with Crippen molar-refractivity contribution < 1.29 is 98.9 Å². The van der Waals surface area contributed by atoms with Crippen LogP contribution in [0.15, 0.2) is 220 Å². The number of carboxylic acid groups (broad SMARTS) is 6. The van der Waals surface area contributed by atoms with Gasteiger partial charge in [0, 0.05) is 186 Å². The lowest BCUT2D eigenvalue weighted by molar-refractivity contribution is -0.137. The van der Waals surface area contributed by atoms with Crippen molar-refractivity contribution in [3.05, 3.63) is 353 Å². The van der Waals surface area contributed by atoms with Gasteiger partial charge >= 0.3 is 48.2 Å². The molecule has 0 unspecified atom stereocenters. The number of alkyl halides is 6. The van der Waals surface area contributed by atoms with Gasteiger partial charge < -0.3 is 30.6 Å². The van der Waals surface area contributed by atoms with E-state index in [2.05, 4.69) is 57.2 Å². The Labute approximate surface area is 863 Å². The molecule has 3 fully saturated rings. The van der Waals surface area contributed by atoms with Crippen LogP contribution in [0.3, 0.4) is 0 Å². The first-order valence-electron chi connectivity index (χ1n) is 47.9. The quantitative estimate of drug-likeness (QED) is 0.0220. The van der Waals surface area contributed by atoms with Crippen LogP contribution in [0.1, 0.15) is 214 Å². The van der Waals surface area contributed by atoms with Crippen LogP contribution in [0.5, 0.6) is 0 Å². The van der Waals surface area contributed by atoms with Gasteiger partial charge in [-0.1, -0.05) is 67.4 Å². The molecule has 0 bridgehead atoms. The fourth-order valence-electron chi connectivity index (χ4n) is 18.2. The highest BCUT2D eigenvalue weighted by molar-refractivity contribution is 6.32. The van der Waals surface area contributed by atoms with Gasteiger partial charge in [0.1, 0.15) is 17.5 Å². The third kappa shape index (κ3) is 27.2. The zero-order chi connectivity index (χ0) is 106. The van der Waals surface area contributed by atoms with Crippen molar-refractivity contribution >= 4 is 136 Å². The molecular formula is C108H96Cl3F9N18O12. The minimum atomic E-state index is -4.35. The van der Waals surface area contributed by atoms with E-state index >= 15 is 0 Å². The molecule has 21 rings (SSSR count). The van der Waals surface area contributed by atoms with Crippen LogP contribution in [0.25, 0.3) is 65.4 Å². The summed E-state index contributed by atoms with van der Waals surface area (Å²) < 4.78 is 127. The minimum absolute atomic E-state index is 0.00838. The highest BCUT2D eigenvalue weighted by Gasteiger charge is 2.33. The van der Waals surface area contributed by atoms with Gasteiger partial charge in [-0.25, -0.2) is 41.9 Å². The molecule has 0 saturated heterocycles. The van der Waals surface area contributed by atoms with Gasteiger partial charge in [-0.2, -0.15) is 56.9 Å². The van der Waals surface area contributed by atoms with Crippen LogP contribution in [-0.2, 0) is 77.8 Å². The molecule has 0 atom stereocenters. The zero-order valence-corrected chi connectivity index (χ0v) is 82.5. The Morgan fingerprint density at radius 1 is 0.300 bits per heavy atom. The Hall–Kier alpha value is -15.9. The molecule has 150 heavy (non-hydrogen) atoms. The summed E-state index contributed by atoms with van der Waals surface area (Å²) >= 11 is 18.3. The van der Waals surface area contributed by atoms with E-state index in [0.717, 1.165) is 111 Å². The Balaban J connectivity index is 0.000000128. The van der Waals surface area contributed by atoms with Crippen molar-refractivity contribution in [2.24, 2.45) is 17.8 Å². The Morgan fingerprint density at radius 3 is 0.773 bits per heavy atom. The molecule has 0 aliphatic heterocycles. The molecule has 18 aromatic rings. The fraction of sp³-hybridized carbons (Fsp3) is 0.278. The molecule has 6 N–H and O–H groups in total. The normalized spacial score (nSPS) is 13.0. The smallest absolute Gasteiger partial charge is 0.390 e. The number of benzene rings is 6. The summed E-state index contributed by atoms with van der Waals surface area (Å²) in [6.45, 7) is 4.66. The molecule has 0 radical (unpaired) electrons. The van der Waals surface area contributed by atoms with Crippen molar-refractivity contribution in [3.8, 4) is 0 Å². The Morgan fingerprint density at radius 2 is 0.527 bits per heavy atom. The first kappa shape index (κ1) is 107. The van der Waals surface area contributed by atoms with Crippen molar-refractivity contribution in [3.63, 3.8) is 0 Å². The summed E-state index contributed by atoms with van der Waals surface area (Å²) in [5.74, 6) is -5.29.